The molecule has 1 fully saturated rings. The summed E-state index contributed by atoms with van der Waals surface area (Å²) in [5, 5.41) is 9.29. The lowest BCUT2D eigenvalue weighted by molar-refractivity contribution is 0.313. The van der Waals surface area contributed by atoms with Crippen molar-refractivity contribution >= 4 is 5.69 Å². The first-order chi connectivity index (χ1) is 9.17. The first-order valence-corrected chi connectivity index (χ1v) is 7.39. The molecule has 0 atom stereocenters. The maximum absolute atomic E-state index is 9.29. The van der Waals surface area contributed by atoms with E-state index in [0.717, 1.165) is 17.2 Å². The van der Waals surface area contributed by atoms with Crippen molar-refractivity contribution in [3.8, 4) is 6.07 Å². The SMILES string of the molecule is CCC1CCC(N(C)c2c(C)cccc2C#N)CC1. The van der Waals surface area contributed by atoms with Crippen LogP contribution in [0.15, 0.2) is 18.2 Å². The highest BCUT2D eigenvalue weighted by atomic mass is 15.1. The van der Waals surface area contributed by atoms with Crippen LogP contribution in [-0.2, 0) is 0 Å². The molecule has 1 saturated carbocycles. The summed E-state index contributed by atoms with van der Waals surface area (Å²) >= 11 is 0. The number of benzene rings is 1. The zero-order valence-electron chi connectivity index (χ0n) is 12.3. The molecule has 2 heteroatoms. The van der Waals surface area contributed by atoms with Crippen LogP contribution < -0.4 is 4.90 Å². The Morgan fingerprint density at radius 1 is 1.26 bits per heavy atom. The van der Waals surface area contributed by atoms with Gasteiger partial charge in [-0.15, -0.1) is 0 Å². The predicted molar refractivity (Wildman–Crippen MR) is 80.3 cm³/mol. The molecule has 0 N–H and O–H groups in total. The Morgan fingerprint density at radius 3 is 2.53 bits per heavy atom. The third-order valence-electron chi connectivity index (χ3n) is 4.65. The zero-order chi connectivity index (χ0) is 13.8. The maximum Gasteiger partial charge on any atom is 0.101 e. The number of aryl methyl sites for hydroxylation is 1. The van der Waals surface area contributed by atoms with Gasteiger partial charge < -0.3 is 4.90 Å². The van der Waals surface area contributed by atoms with E-state index in [0.29, 0.717) is 6.04 Å². The fourth-order valence-corrected chi connectivity index (χ4v) is 3.34. The molecule has 0 unspecified atom stereocenters. The highest BCUT2D eigenvalue weighted by Gasteiger charge is 2.25. The van der Waals surface area contributed by atoms with E-state index in [2.05, 4.69) is 37.9 Å². The van der Waals surface area contributed by atoms with Gasteiger partial charge in [-0.25, -0.2) is 0 Å². The summed E-state index contributed by atoms with van der Waals surface area (Å²) in [7, 11) is 2.15. The van der Waals surface area contributed by atoms with Gasteiger partial charge in [0.15, 0.2) is 0 Å². The van der Waals surface area contributed by atoms with Crippen LogP contribution in [0.2, 0.25) is 0 Å². The first-order valence-electron chi connectivity index (χ1n) is 7.39. The molecule has 2 rings (SSSR count). The molecule has 0 saturated heterocycles. The molecule has 0 spiro atoms. The third-order valence-corrected chi connectivity index (χ3v) is 4.65. The lowest BCUT2D eigenvalue weighted by Gasteiger charge is -2.36. The smallest absolute Gasteiger partial charge is 0.101 e. The van der Waals surface area contributed by atoms with Crippen LogP contribution in [0, 0.1) is 24.2 Å². The predicted octanol–water partition coefficient (Wildman–Crippen LogP) is 4.27. The minimum Gasteiger partial charge on any atom is -0.370 e. The molecule has 2 nitrogen and oxygen atoms in total. The van der Waals surface area contributed by atoms with Crippen molar-refractivity contribution in [3.05, 3.63) is 29.3 Å². The molecule has 19 heavy (non-hydrogen) atoms. The second-order valence-electron chi connectivity index (χ2n) is 5.78. The second kappa shape index (κ2) is 6.10. The fraction of sp³-hybridized carbons (Fsp3) is 0.588. The Hall–Kier alpha value is -1.49. The van der Waals surface area contributed by atoms with Crippen molar-refractivity contribution in [3.63, 3.8) is 0 Å². The van der Waals surface area contributed by atoms with E-state index in [1.54, 1.807) is 0 Å². The van der Waals surface area contributed by atoms with Crippen molar-refractivity contribution in [1.29, 1.82) is 5.26 Å². The highest BCUT2D eigenvalue weighted by molar-refractivity contribution is 5.64. The molecular weight excluding hydrogens is 232 g/mol. The molecule has 1 aliphatic rings. The van der Waals surface area contributed by atoms with Crippen molar-refractivity contribution in [2.45, 2.75) is 52.0 Å². The van der Waals surface area contributed by atoms with Crippen molar-refractivity contribution in [1.82, 2.24) is 0 Å². The summed E-state index contributed by atoms with van der Waals surface area (Å²) in [5.74, 6) is 0.914. The molecule has 1 aromatic rings. The van der Waals surface area contributed by atoms with Gasteiger partial charge in [0.25, 0.3) is 0 Å². The van der Waals surface area contributed by atoms with E-state index >= 15 is 0 Å². The average Bonchev–Trinajstić information content (AvgIpc) is 2.46. The number of rotatable bonds is 3. The summed E-state index contributed by atoms with van der Waals surface area (Å²) in [4.78, 5) is 2.35. The number of nitrogens with zero attached hydrogens (tertiary/aromatic N) is 2. The molecule has 0 amide bonds. The van der Waals surface area contributed by atoms with Crippen molar-refractivity contribution < 1.29 is 0 Å². The standard InChI is InChI=1S/C17H24N2/c1-4-14-8-10-16(11-9-14)19(3)17-13(2)6-5-7-15(17)12-18/h5-7,14,16H,4,8-11H2,1-3H3. The number of nitriles is 1. The van der Waals surface area contributed by atoms with Crippen LogP contribution in [0.3, 0.4) is 0 Å². The first kappa shape index (κ1) is 13.9. The monoisotopic (exact) mass is 256 g/mol. The quantitative estimate of drug-likeness (QED) is 0.807. The average molecular weight is 256 g/mol. The molecule has 0 radical (unpaired) electrons. The Kier molecular flexibility index (Phi) is 4.47. The zero-order valence-corrected chi connectivity index (χ0v) is 12.3. The molecule has 102 valence electrons. The topological polar surface area (TPSA) is 27.0 Å². The molecule has 0 aliphatic heterocycles. The van der Waals surface area contributed by atoms with Crippen LogP contribution in [0.5, 0.6) is 0 Å². The van der Waals surface area contributed by atoms with Gasteiger partial charge in [-0.05, 0) is 50.2 Å². The van der Waals surface area contributed by atoms with Crippen LogP contribution in [-0.4, -0.2) is 13.1 Å². The van der Waals surface area contributed by atoms with E-state index in [1.165, 1.54) is 37.7 Å². The van der Waals surface area contributed by atoms with E-state index in [-0.39, 0.29) is 0 Å². The molecular formula is C17H24N2. The van der Waals surface area contributed by atoms with Crippen molar-refractivity contribution in [2.75, 3.05) is 11.9 Å². The summed E-state index contributed by atoms with van der Waals surface area (Å²) in [6, 6.07) is 8.93. The molecule has 0 aromatic heterocycles. The second-order valence-corrected chi connectivity index (χ2v) is 5.78. The van der Waals surface area contributed by atoms with E-state index in [4.69, 9.17) is 0 Å². The molecule has 1 aliphatic carbocycles. The van der Waals surface area contributed by atoms with Crippen molar-refractivity contribution in [2.24, 2.45) is 5.92 Å². The lowest BCUT2D eigenvalue weighted by atomic mass is 9.83. The normalized spacial score (nSPS) is 22.8. The minimum atomic E-state index is 0.594. The third kappa shape index (κ3) is 2.92. The van der Waals surface area contributed by atoms with Gasteiger partial charge >= 0.3 is 0 Å². The highest BCUT2D eigenvalue weighted by Crippen LogP contribution is 2.33. The van der Waals surface area contributed by atoms with Gasteiger partial charge in [-0.3, -0.25) is 0 Å². The maximum atomic E-state index is 9.29. The Morgan fingerprint density at radius 2 is 1.95 bits per heavy atom. The Balaban J connectivity index is 2.17. The van der Waals surface area contributed by atoms with Crippen LogP contribution in [0.25, 0.3) is 0 Å². The number of para-hydroxylation sites is 1. The largest absolute Gasteiger partial charge is 0.370 e. The van der Waals surface area contributed by atoms with Crippen LogP contribution in [0.4, 0.5) is 5.69 Å². The number of hydrogen-bond donors (Lipinski definition) is 0. The summed E-state index contributed by atoms with van der Waals surface area (Å²) < 4.78 is 0. The fourth-order valence-electron chi connectivity index (χ4n) is 3.34. The van der Waals surface area contributed by atoms with Gasteiger partial charge in [0, 0.05) is 13.1 Å². The molecule has 0 bridgehead atoms. The summed E-state index contributed by atoms with van der Waals surface area (Å²) in [6.07, 6.45) is 6.49. The Labute approximate surface area is 117 Å². The number of hydrogen-bond acceptors (Lipinski definition) is 2. The van der Waals surface area contributed by atoms with E-state index in [9.17, 15) is 5.26 Å². The number of anilines is 1. The van der Waals surface area contributed by atoms with E-state index < -0.39 is 0 Å². The van der Waals surface area contributed by atoms with Crippen LogP contribution in [0.1, 0.15) is 50.2 Å². The molecule has 0 heterocycles. The Bertz CT molecular complexity index is 465. The van der Waals surface area contributed by atoms with Crippen LogP contribution >= 0.6 is 0 Å². The summed E-state index contributed by atoms with van der Waals surface area (Å²) in [6.45, 7) is 4.40. The van der Waals surface area contributed by atoms with Gasteiger partial charge in [0.1, 0.15) is 6.07 Å². The molecule has 1 aromatic carbocycles. The van der Waals surface area contributed by atoms with Gasteiger partial charge in [-0.1, -0.05) is 25.5 Å². The minimum absolute atomic E-state index is 0.594. The van der Waals surface area contributed by atoms with Gasteiger partial charge in [-0.2, -0.15) is 5.26 Å². The van der Waals surface area contributed by atoms with E-state index in [1.807, 2.05) is 12.1 Å². The van der Waals surface area contributed by atoms with Gasteiger partial charge in [0.2, 0.25) is 0 Å². The lowest BCUT2D eigenvalue weighted by Crippen LogP contribution is -2.36. The summed E-state index contributed by atoms with van der Waals surface area (Å²) in [5.41, 5.74) is 3.14. The van der Waals surface area contributed by atoms with Gasteiger partial charge in [0.05, 0.1) is 11.3 Å².